The molecule has 0 radical (unpaired) electrons. The predicted octanol–water partition coefficient (Wildman–Crippen LogP) is 3.69. The van der Waals surface area contributed by atoms with Crippen molar-refractivity contribution in [3.05, 3.63) is 40.4 Å². The Balaban J connectivity index is 1.59. The molecule has 1 heterocycles. The molecule has 1 saturated carbocycles. The fourth-order valence-electron chi connectivity index (χ4n) is 3.11. The van der Waals surface area contributed by atoms with Gasteiger partial charge in [-0.3, -0.25) is 4.79 Å². The zero-order chi connectivity index (χ0) is 19.4. The Kier molecular flexibility index (Phi) is 6.50. The number of anilines is 1. The molecule has 0 unspecified atom stereocenters. The van der Waals surface area contributed by atoms with E-state index in [1.165, 1.54) is 12.8 Å². The predicted molar refractivity (Wildman–Crippen MR) is 108 cm³/mol. The van der Waals surface area contributed by atoms with Crippen molar-refractivity contribution in [2.24, 2.45) is 0 Å². The number of amides is 1. The summed E-state index contributed by atoms with van der Waals surface area (Å²) >= 11 is 6.12. The lowest BCUT2D eigenvalue weighted by Gasteiger charge is -2.12. The summed E-state index contributed by atoms with van der Waals surface area (Å²) in [5, 5.41) is 15.8. The lowest BCUT2D eigenvalue weighted by Crippen LogP contribution is -2.26. The standard InChI is InChI=1S/C20H28ClN5O/c1-13(2)22-12-11-19-25-24-18(26(19)15-7-8-15)9-10-20(27)23-17-6-4-5-16(21)14(17)3/h4-6,13,15,22H,7-12H2,1-3H3,(H,23,27). The third-order valence-corrected chi connectivity index (χ3v) is 5.18. The fraction of sp³-hybridized carbons (Fsp3) is 0.550. The number of rotatable bonds is 9. The van der Waals surface area contributed by atoms with Crippen molar-refractivity contribution in [1.82, 2.24) is 20.1 Å². The van der Waals surface area contributed by atoms with Crippen molar-refractivity contribution in [1.29, 1.82) is 0 Å². The summed E-state index contributed by atoms with van der Waals surface area (Å²) in [6, 6.07) is 6.49. The average Bonchev–Trinajstić information content (AvgIpc) is 3.38. The van der Waals surface area contributed by atoms with Gasteiger partial charge in [-0.15, -0.1) is 10.2 Å². The van der Waals surface area contributed by atoms with E-state index in [1.807, 2.05) is 25.1 Å². The Morgan fingerprint density at radius 3 is 2.63 bits per heavy atom. The van der Waals surface area contributed by atoms with E-state index in [4.69, 9.17) is 11.6 Å². The molecule has 0 spiro atoms. The average molecular weight is 390 g/mol. The topological polar surface area (TPSA) is 71.8 Å². The maximum Gasteiger partial charge on any atom is 0.224 e. The monoisotopic (exact) mass is 389 g/mol. The molecule has 27 heavy (non-hydrogen) atoms. The number of hydrogen-bond donors (Lipinski definition) is 2. The molecule has 1 aliphatic carbocycles. The SMILES string of the molecule is Cc1c(Cl)cccc1NC(=O)CCc1nnc(CCNC(C)C)n1C1CC1. The van der Waals surface area contributed by atoms with Crippen molar-refractivity contribution in [2.75, 3.05) is 11.9 Å². The molecular weight excluding hydrogens is 362 g/mol. The molecule has 7 heteroatoms. The minimum absolute atomic E-state index is 0.0336. The lowest BCUT2D eigenvalue weighted by atomic mass is 10.2. The maximum atomic E-state index is 12.4. The van der Waals surface area contributed by atoms with Crippen LogP contribution in [0, 0.1) is 6.92 Å². The number of nitrogens with one attached hydrogen (secondary N) is 2. The van der Waals surface area contributed by atoms with Crippen LogP contribution in [-0.4, -0.2) is 33.3 Å². The van der Waals surface area contributed by atoms with Gasteiger partial charge >= 0.3 is 0 Å². The number of carbonyl (C=O) groups is 1. The van der Waals surface area contributed by atoms with Gasteiger partial charge in [0.25, 0.3) is 0 Å². The highest BCUT2D eigenvalue weighted by Crippen LogP contribution is 2.37. The number of aromatic nitrogens is 3. The van der Waals surface area contributed by atoms with E-state index in [9.17, 15) is 4.79 Å². The van der Waals surface area contributed by atoms with Crippen molar-refractivity contribution in [2.45, 2.75) is 65.0 Å². The van der Waals surface area contributed by atoms with Gasteiger partial charge in [0.05, 0.1) is 0 Å². The highest BCUT2D eigenvalue weighted by Gasteiger charge is 2.29. The maximum absolute atomic E-state index is 12.4. The second-order valence-corrected chi connectivity index (χ2v) is 7.86. The Hall–Kier alpha value is -1.92. The molecule has 1 aromatic heterocycles. The highest BCUT2D eigenvalue weighted by molar-refractivity contribution is 6.31. The molecule has 0 atom stereocenters. The zero-order valence-electron chi connectivity index (χ0n) is 16.3. The van der Waals surface area contributed by atoms with E-state index in [0.29, 0.717) is 29.9 Å². The van der Waals surface area contributed by atoms with E-state index in [-0.39, 0.29) is 5.91 Å². The minimum atomic E-state index is -0.0336. The van der Waals surface area contributed by atoms with Gasteiger partial charge in [0.15, 0.2) is 0 Å². The van der Waals surface area contributed by atoms with E-state index in [1.54, 1.807) is 0 Å². The molecule has 6 nitrogen and oxygen atoms in total. The molecule has 2 aromatic rings. The summed E-state index contributed by atoms with van der Waals surface area (Å²) in [5.74, 6) is 1.90. The van der Waals surface area contributed by atoms with Crippen LogP contribution < -0.4 is 10.6 Å². The first-order valence-corrected chi connectivity index (χ1v) is 10.0. The molecule has 1 aliphatic rings. The van der Waals surface area contributed by atoms with Gasteiger partial charge in [0, 0.05) is 48.6 Å². The summed E-state index contributed by atoms with van der Waals surface area (Å²) in [5.41, 5.74) is 1.64. The summed E-state index contributed by atoms with van der Waals surface area (Å²) in [7, 11) is 0. The summed E-state index contributed by atoms with van der Waals surface area (Å²) in [6.07, 6.45) is 4.16. The van der Waals surface area contributed by atoms with Crippen LogP contribution in [0.15, 0.2) is 18.2 Å². The Bertz CT molecular complexity index is 798. The molecule has 3 rings (SSSR count). The quantitative estimate of drug-likeness (QED) is 0.686. The molecule has 1 amide bonds. The molecule has 0 aliphatic heterocycles. The number of carbonyl (C=O) groups excluding carboxylic acids is 1. The summed E-state index contributed by atoms with van der Waals surface area (Å²) in [4.78, 5) is 12.4. The van der Waals surface area contributed by atoms with E-state index < -0.39 is 0 Å². The normalized spacial score (nSPS) is 14.0. The van der Waals surface area contributed by atoms with E-state index in [2.05, 4.69) is 39.2 Å². The lowest BCUT2D eigenvalue weighted by molar-refractivity contribution is -0.116. The van der Waals surface area contributed by atoms with Crippen molar-refractivity contribution in [3.63, 3.8) is 0 Å². The number of hydrogen-bond acceptors (Lipinski definition) is 4. The second-order valence-electron chi connectivity index (χ2n) is 7.45. The number of benzene rings is 1. The number of aryl methyl sites for hydroxylation is 1. The Morgan fingerprint density at radius 1 is 1.26 bits per heavy atom. The van der Waals surface area contributed by atoms with Crippen LogP contribution in [0.3, 0.4) is 0 Å². The van der Waals surface area contributed by atoms with Gasteiger partial charge < -0.3 is 15.2 Å². The van der Waals surface area contributed by atoms with Gasteiger partial charge in [-0.1, -0.05) is 31.5 Å². The first-order chi connectivity index (χ1) is 13.0. The fourth-order valence-corrected chi connectivity index (χ4v) is 3.28. The van der Waals surface area contributed by atoms with Crippen LogP contribution in [0.2, 0.25) is 5.02 Å². The van der Waals surface area contributed by atoms with Crippen LogP contribution in [0.1, 0.15) is 56.4 Å². The third kappa shape index (κ3) is 5.30. The largest absolute Gasteiger partial charge is 0.326 e. The smallest absolute Gasteiger partial charge is 0.224 e. The van der Waals surface area contributed by atoms with Gasteiger partial charge in [0.2, 0.25) is 5.91 Å². The van der Waals surface area contributed by atoms with Crippen molar-refractivity contribution < 1.29 is 4.79 Å². The van der Waals surface area contributed by atoms with Crippen LogP contribution in [-0.2, 0) is 17.6 Å². The highest BCUT2D eigenvalue weighted by atomic mass is 35.5. The first-order valence-electron chi connectivity index (χ1n) is 9.66. The van der Waals surface area contributed by atoms with Crippen LogP contribution >= 0.6 is 11.6 Å². The van der Waals surface area contributed by atoms with Crippen LogP contribution in [0.25, 0.3) is 0 Å². The minimum Gasteiger partial charge on any atom is -0.326 e. The molecule has 0 saturated heterocycles. The zero-order valence-corrected chi connectivity index (χ0v) is 17.0. The Labute approximate surface area is 165 Å². The van der Waals surface area contributed by atoms with Crippen LogP contribution in [0.4, 0.5) is 5.69 Å². The summed E-state index contributed by atoms with van der Waals surface area (Å²) < 4.78 is 2.25. The molecule has 0 bridgehead atoms. The van der Waals surface area contributed by atoms with E-state index >= 15 is 0 Å². The molecular formula is C20H28ClN5O. The molecule has 1 fully saturated rings. The third-order valence-electron chi connectivity index (χ3n) is 4.77. The molecule has 2 N–H and O–H groups in total. The number of nitrogens with zero attached hydrogens (tertiary/aromatic N) is 3. The second kappa shape index (κ2) is 8.85. The first kappa shape index (κ1) is 19.8. The van der Waals surface area contributed by atoms with Crippen LogP contribution in [0.5, 0.6) is 0 Å². The van der Waals surface area contributed by atoms with Gasteiger partial charge in [-0.25, -0.2) is 0 Å². The molecule has 1 aromatic carbocycles. The summed E-state index contributed by atoms with van der Waals surface area (Å²) in [6.45, 7) is 7.06. The van der Waals surface area contributed by atoms with Gasteiger partial charge in [-0.05, 0) is 37.5 Å². The number of halogens is 1. The van der Waals surface area contributed by atoms with Gasteiger partial charge in [-0.2, -0.15) is 0 Å². The Morgan fingerprint density at radius 2 is 1.96 bits per heavy atom. The van der Waals surface area contributed by atoms with E-state index in [0.717, 1.165) is 35.9 Å². The van der Waals surface area contributed by atoms with Crippen molar-refractivity contribution >= 4 is 23.2 Å². The van der Waals surface area contributed by atoms with Gasteiger partial charge in [0.1, 0.15) is 11.6 Å². The van der Waals surface area contributed by atoms with Crippen molar-refractivity contribution in [3.8, 4) is 0 Å². The molecule has 146 valence electrons.